The lowest BCUT2D eigenvalue weighted by atomic mass is 10.1. The minimum Gasteiger partial charge on any atom is -0.490 e. The van der Waals surface area contributed by atoms with Crippen molar-refractivity contribution >= 4 is 57.3 Å². The summed E-state index contributed by atoms with van der Waals surface area (Å²) in [6.45, 7) is 2.27. The lowest BCUT2D eigenvalue weighted by Gasteiger charge is -2.15. The van der Waals surface area contributed by atoms with Gasteiger partial charge in [0.15, 0.2) is 11.5 Å². The predicted octanol–water partition coefficient (Wildman–Crippen LogP) is 6.55. The second-order valence-corrected chi connectivity index (χ2v) is 10.0. The quantitative estimate of drug-likeness (QED) is 0.114. The molecule has 3 aromatic rings. The Bertz CT molecular complexity index is 1410. The molecular formula is C26H20FIN2O6S. The standard InChI is InChI=1S/C26H20FIN2O6S/c1-2-35-22-12-18(11-21(28)24(22)36-15-17-6-3-7-19(27)9-17)13-23-25(31)29(26(32)37-23)14-16-5-4-8-20(10-16)30(33)34/h3-13H,2,14-15H2,1H3/b23-13+. The van der Waals surface area contributed by atoms with Crippen molar-refractivity contribution in [2.75, 3.05) is 6.61 Å². The molecule has 0 unspecified atom stereocenters. The molecule has 0 atom stereocenters. The maximum Gasteiger partial charge on any atom is 0.293 e. The second kappa shape index (κ2) is 11.7. The van der Waals surface area contributed by atoms with E-state index >= 15 is 0 Å². The van der Waals surface area contributed by atoms with Crippen LogP contribution in [-0.4, -0.2) is 27.6 Å². The highest BCUT2D eigenvalue weighted by Gasteiger charge is 2.35. The Morgan fingerprint density at radius 1 is 1.08 bits per heavy atom. The molecule has 1 heterocycles. The zero-order valence-electron chi connectivity index (χ0n) is 19.5. The molecule has 2 amide bonds. The summed E-state index contributed by atoms with van der Waals surface area (Å²) >= 11 is 2.89. The van der Waals surface area contributed by atoms with Crippen molar-refractivity contribution in [3.63, 3.8) is 0 Å². The Kier molecular flexibility index (Phi) is 8.44. The molecule has 0 radical (unpaired) electrons. The number of nitrogens with zero attached hydrogens (tertiary/aromatic N) is 2. The van der Waals surface area contributed by atoms with E-state index in [9.17, 15) is 24.1 Å². The zero-order valence-corrected chi connectivity index (χ0v) is 22.5. The van der Waals surface area contributed by atoms with Crippen LogP contribution in [0, 0.1) is 19.5 Å². The number of halogens is 2. The number of rotatable bonds is 9. The van der Waals surface area contributed by atoms with Gasteiger partial charge in [-0.1, -0.05) is 24.3 Å². The molecule has 0 N–H and O–H groups in total. The summed E-state index contributed by atoms with van der Waals surface area (Å²) in [6, 6.07) is 15.4. The smallest absolute Gasteiger partial charge is 0.293 e. The molecule has 190 valence electrons. The number of hydrogen-bond donors (Lipinski definition) is 0. The maximum atomic E-state index is 13.5. The highest BCUT2D eigenvalue weighted by atomic mass is 127. The number of carbonyl (C=O) groups is 2. The largest absolute Gasteiger partial charge is 0.490 e. The molecule has 0 aliphatic carbocycles. The fraction of sp³-hybridized carbons (Fsp3) is 0.154. The van der Waals surface area contributed by atoms with Gasteiger partial charge in [-0.05, 0) is 88.3 Å². The molecule has 0 saturated carbocycles. The number of thioether (sulfide) groups is 1. The summed E-state index contributed by atoms with van der Waals surface area (Å²) in [5, 5.41) is 10.6. The van der Waals surface area contributed by atoms with Gasteiger partial charge in [0, 0.05) is 12.1 Å². The zero-order chi connectivity index (χ0) is 26.5. The van der Waals surface area contributed by atoms with Crippen LogP contribution in [0.2, 0.25) is 0 Å². The molecule has 4 rings (SSSR count). The van der Waals surface area contributed by atoms with Crippen molar-refractivity contribution in [1.82, 2.24) is 4.90 Å². The van der Waals surface area contributed by atoms with Gasteiger partial charge in [-0.2, -0.15) is 0 Å². The molecule has 0 aromatic heterocycles. The van der Waals surface area contributed by atoms with E-state index in [1.165, 1.54) is 30.3 Å². The normalized spacial score (nSPS) is 14.4. The summed E-state index contributed by atoms with van der Waals surface area (Å²) in [7, 11) is 0. The molecule has 1 aliphatic rings. The third-order valence-corrected chi connectivity index (χ3v) is 6.95. The number of hydrogen-bond acceptors (Lipinski definition) is 7. The van der Waals surface area contributed by atoms with Crippen LogP contribution in [0.4, 0.5) is 14.9 Å². The molecule has 8 nitrogen and oxygen atoms in total. The molecule has 0 spiro atoms. The molecular weight excluding hydrogens is 614 g/mol. The summed E-state index contributed by atoms with van der Waals surface area (Å²) in [4.78, 5) is 37.3. The lowest BCUT2D eigenvalue weighted by molar-refractivity contribution is -0.384. The molecule has 0 bridgehead atoms. The Labute approximate surface area is 229 Å². The minimum absolute atomic E-state index is 0.0712. The highest BCUT2D eigenvalue weighted by molar-refractivity contribution is 14.1. The number of nitro benzene ring substituents is 1. The van der Waals surface area contributed by atoms with E-state index in [0.29, 0.717) is 38.4 Å². The average Bonchev–Trinajstić information content (AvgIpc) is 3.11. The van der Waals surface area contributed by atoms with Crippen LogP contribution in [0.1, 0.15) is 23.6 Å². The summed E-state index contributed by atoms with van der Waals surface area (Å²) in [5.74, 6) is 0.104. The summed E-state index contributed by atoms with van der Waals surface area (Å²) in [5.41, 5.74) is 1.66. The predicted molar refractivity (Wildman–Crippen MR) is 146 cm³/mol. The lowest BCUT2D eigenvalue weighted by Crippen LogP contribution is -2.27. The van der Waals surface area contributed by atoms with E-state index in [1.807, 2.05) is 6.92 Å². The average molecular weight is 634 g/mol. The monoisotopic (exact) mass is 634 g/mol. The van der Waals surface area contributed by atoms with Crippen molar-refractivity contribution in [1.29, 1.82) is 0 Å². The van der Waals surface area contributed by atoms with E-state index < -0.39 is 16.1 Å². The van der Waals surface area contributed by atoms with Crippen molar-refractivity contribution in [3.8, 4) is 11.5 Å². The van der Waals surface area contributed by atoms with E-state index in [1.54, 1.807) is 36.4 Å². The first-order valence-electron chi connectivity index (χ1n) is 11.1. The fourth-order valence-corrected chi connectivity index (χ4v) is 5.21. The van der Waals surface area contributed by atoms with Crippen molar-refractivity contribution < 1.29 is 28.4 Å². The molecule has 1 fully saturated rings. The van der Waals surface area contributed by atoms with E-state index in [4.69, 9.17) is 9.47 Å². The number of ether oxygens (including phenoxy) is 2. The van der Waals surface area contributed by atoms with E-state index in [2.05, 4.69) is 22.6 Å². The first kappa shape index (κ1) is 26.6. The van der Waals surface area contributed by atoms with Crippen LogP contribution in [-0.2, 0) is 17.9 Å². The van der Waals surface area contributed by atoms with Gasteiger partial charge < -0.3 is 9.47 Å². The van der Waals surface area contributed by atoms with Crippen molar-refractivity contribution in [3.05, 3.63) is 102 Å². The summed E-state index contributed by atoms with van der Waals surface area (Å²) in [6.07, 6.45) is 1.60. The van der Waals surface area contributed by atoms with Gasteiger partial charge in [0.2, 0.25) is 0 Å². The van der Waals surface area contributed by atoms with Crippen LogP contribution in [0.25, 0.3) is 6.08 Å². The molecule has 11 heteroatoms. The van der Waals surface area contributed by atoms with Gasteiger partial charge in [-0.3, -0.25) is 24.6 Å². The molecule has 1 saturated heterocycles. The maximum absolute atomic E-state index is 13.5. The molecule has 3 aromatic carbocycles. The first-order chi connectivity index (χ1) is 17.7. The van der Waals surface area contributed by atoms with Crippen LogP contribution in [0.3, 0.4) is 0 Å². The number of non-ortho nitro benzene ring substituents is 1. The minimum atomic E-state index is -0.527. The van der Waals surface area contributed by atoms with Gasteiger partial charge >= 0.3 is 0 Å². The number of carbonyl (C=O) groups excluding carboxylic acids is 2. The van der Waals surface area contributed by atoms with Crippen LogP contribution in [0.5, 0.6) is 11.5 Å². The van der Waals surface area contributed by atoms with Crippen LogP contribution >= 0.6 is 34.4 Å². The van der Waals surface area contributed by atoms with Crippen LogP contribution < -0.4 is 9.47 Å². The summed E-state index contributed by atoms with van der Waals surface area (Å²) < 4.78 is 25.9. The fourth-order valence-electron chi connectivity index (χ4n) is 3.60. The molecule has 37 heavy (non-hydrogen) atoms. The Morgan fingerprint density at radius 2 is 1.84 bits per heavy atom. The first-order valence-corrected chi connectivity index (χ1v) is 13.0. The molecule has 1 aliphatic heterocycles. The number of imide groups is 1. The number of benzene rings is 3. The number of amides is 2. The van der Waals surface area contributed by atoms with Crippen molar-refractivity contribution in [2.24, 2.45) is 0 Å². The van der Waals surface area contributed by atoms with Gasteiger partial charge in [-0.25, -0.2) is 4.39 Å². The second-order valence-electron chi connectivity index (χ2n) is 7.88. The van der Waals surface area contributed by atoms with Crippen LogP contribution in [0.15, 0.2) is 65.6 Å². The third-order valence-electron chi connectivity index (χ3n) is 5.24. The van der Waals surface area contributed by atoms with E-state index in [0.717, 1.165) is 16.7 Å². The van der Waals surface area contributed by atoms with Gasteiger partial charge in [0.1, 0.15) is 12.4 Å². The Balaban J connectivity index is 1.55. The van der Waals surface area contributed by atoms with Crippen molar-refractivity contribution in [2.45, 2.75) is 20.1 Å². The SMILES string of the molecule is CCOc1cc(/C=C2/SC(=O)N(Cc3cccc([N+](=O)[O-])c3)C2=O)cc(I)c1OCc1cccc(F)c1. The Hall–Kier alpha value is -3.45. The topological polar surface area (TPSA) is 99.0 Å². The highest BCUT2D eigenvalue weighted by Crippen LogP contribution is 2.38. The van der Waals surface area contributed by atoms with E-state index in [-0.39, 0.29) is 29.6 Å². The third kappa shape index (κ3) is 6.46. The van der Waals surface area contributed by atoms with Gasteiger partial charge in [0.25, 0.3) is 16.8 Å². The van der Waals surface area contributed by atoms with Gasteiger partial charge in [0.05, 0.1) is 26.6 Å². The Morgan fingerprint density at radius 3 is 2.57 bits per heavy atom. The number of nitro groups is 1. The van der Waals surface area contributed by atoms with Gasteiger partial charge in [-0.15, -0.1) is 0 Å².